The molecule has 0 saturated carbocycles. The third kappa shape index (κ3) is 5.96. The van der Waals surface area contributed by atoms with Gasteiger partial charge in [-0.2, -0.15) is 5.26 Å². The van der Waals surface area contributed by atoms with Crippen molar-refractivity contribution in [2.45, 2.75) is 32.6 Å². The smallest absolute Gasteiger partial charge is 0.160 e. The molecule has 2 aromatic heterocycles. The molecule has 0 bridgehead atoms. The maximum atomic E-state index is 10.0. The number of nitrogens with zero attached hydrogens (tertiary/aromatic N) is 4. The van der Waals surface area contributed by atoms with Crippen molar-refractivity contribution in [1.29, 1.82) is 5.26 Å². The van der Waals surface area contributed by atoms with Gasteiger partial charge in [0.15, 0.2) is 5.82 Å². The molecule has 1 atom stereocenters. The third-order valence-corrected chi connectivity index (χ3v) is 13.6. The van der Waals surface area contributed by atoms with Crippen LogP contribution in [0.5, 0.6) is 0 Å². The largest absolute Gasteiger partial charge is 0.309 e. The average Bonchev–Trinajstić information content (AvgIpc) is 3.78. The van der Waals surface area contributed by atoms with Gasteiger partial charge in [0.2, 0.25) is 0 Å². The van der Waals surface area contributed by atoms with Crippen molar-refractivity contribution < 1.29 is 0 Å². The summed E-state index contributed by atoms with van der Waals surface area (Å²) in [6.45, 7) is 7.17. The number of fused-ring (bicyclic) bond motifs is 7. The fraction of sp³-hybridized carbons (Fsp3) is 0.102. The fourth-order valence-corrected chi connectivity index (χ4v) is 10.6. The molecule has 0 aliphatic heterocycles. The van der Waals surface area contributed by atoms with E-state index in [4.69, 9.17) is 9.97 Å². The standard InChI is InChI=1S/C59H42N4/c1-36-12-10-20-49-50-32-51-48-19-8-9-21-55(48)63(56(51)33-52(50)59(2,3)57(36)49)47-30-45(40-18-11-13-37(26-40)35-60)29-46(31-47)58-61-53(43-24-22-38-14-4-6-16-41(38)27-43)34-54(62-58)44-25-23-39-15-5-7-17-42(39)28-44/h4-11,13-34,36H,12H2,1-3H3. The Morgan fingerprint density at radius 3 is 1.95 bits per heavy atom. The second kappa shape index (κ2) is 14.1. The highest BCUT2D eigenvalue weighted by atomic mass is 15.0. The second-order valence-electron chi connectivity index (χ2n) is 17.8. The summed E-state index contributed by atoms with van der Waals surface area (Å²) in [7, 11) is 0. The van der Waals surface area contributed by atoms with E-state index in [1.54, 1.807) is 0 Å². The quantitative estimate of drug-likeness (QED) is 0.174. The Labute approximate surface area is 366 Å². The Kier molecular flexibility index (Phi) is 8.26. The highest BCUT2D eigenvalue weighted by Gasteiger charge is 2.40. The van der Waals surface area contributed by atoms with Gasteiger partial charge in [0.1, 0.15) is 0 Å². The van der Waals surface area contributed by atoms with E-state index in [2.05, 4.69) is 195 Å². The lowest BCUT2D eigenvalue weighted by Gasteiger charge is -2.30. The minimum absolute atomic E-state index is 0.106. The first-order valence-corrected chi connectivity index (χ1v) is 21.8. The van der Waals surface area contributed by atoms with Crippen LogP contribution in [0.2, 0.25) is 0 Å². The predicted molar refractivity (Wildman–Crippen MR) is 261 cm³/mol. The van der Waals surface area contributed by atoms with E-state index in [1.165, 1.54) is 43.8 Å². The van der Waals surface area contributed by atoms with Crippen LogP contribution in [0.25, 0.3) is 99.6 Å². The minimum atomic E-state index is -0.106. The van der Waals surface area contributed by atoms with Gasteiger partial charge >= 0.3 is 0 Å². The number of hydrogen-bond acceptors (Lipinski definition) is 3. The summed E-state index contributed by atoms with van der Waals surface area (Å²) in [5, 5.41) is 17.1. The lowest BCUT2D eigenvalue weighted by Crippen LogP contribution is -2.22. The molecule has 298 valence electrons. The molecule has 63 heavy (non-hydrogen) atoms. The van der Waals surface area contributed by atoms with Crippen LogP contribution in [-0.2, 0) is 5.41 Å². The SMILES string of the molecule is CC1CC=CC2=C1C(C)(C)c1cc3c(cc12)c1ccccc1n3-c1cc(-c2cccc(C#N)c2)cc(-c2nc(-c3ccc4ccccc4c3)cc(-c3ccc4ccccc4c3)n2)c1. The molecule has 0 spiro atoms. The van der Waals surface area contributed by atoms with Crippen LogP contribution < -0.4 is 0 Å². The summed E-state index contributed by atoms with van der Waals surface area (Å²) in [4.78, 5) is 10.8. The molecular formula is C59H42N4. The molecule has 8 aromatic carbocycles. The van der Waals surface area contributed by atoms with Gasteiger partial charge in [-0.15, -0.1) is 0 Å². The number of nitriles is 1. The molecule has 0 amide bonds. The Bertz CT molecular complexity index is 3570. The minimum Gasteiger partial charge on any atom is -0.309 e. The van der Waals surface area contributed by atoms with Crippen molar-refractivity contribution >= 4 is 48.9 Å². The second-order valence-corrected chi connectivity index (χ2v) is 17.8. The summed E-state index contributed by atoms with van der Waals surface area (Å²) in [5.41, 5.74) is 16.0. The van der Waals surface area contributed by atoms with Gasteiger partial charge in [0.25, 0.3) is 0 Å². The van der Waals surface area contributed by atoms with Crippen LogP contribution in [0.1, 0.15) is 43.9 Å². The molecule has 4 heteroatoms. The Morgan fingerprint density at radius 2 is 1.24 bits per heavy atom. The van der Waals surface area contributed by atoms with Crippen molar-refractivity contribution in [3.63, 3.8) is 0 Å². The first-order valence-electron chi connectivity index (χ1n) is 21.8. The number of allylic oxidation sites excluding steroid dienone is 4. The van der Waals surface area contributed by atoms with Crippen molar-refractivity contribution in [3.05, 3.63) is 204 Å². The van der Waals surface area contributed by atoms with Crippen molar-refractivity contribution in [1.82, 2.24) is 14.5 Å². The molecule has 0 N–H and O–H groups in total. The van der Waals surface area contributed by atoms with Gasteiger partial charge in [0.05, 0.1) is 34.1 Å². The first-order chi connectivity index (χ1) is 30.8. The van der Waals surface area contributed by atoms with Crippen LogP contribution in [-0.4, -0.2) is 14.5 Å². The molecule has 2 heterocycles. The van der Waals surface area contributed by atoms with Gasteiger partial charge in [0, 0.05) is 38.6 Å². The van der Waals surface area contributed by atoms with E-state index in [-0.39, 0.29) is 5.41 Å². The lowest BCUT2D eigenvalue weighted by molar-refractivity contribution is 0.531. The van der Waals surface area contributed by atoms with Gasteiger partial charge in [-0.05, 0) is 134 Å². The van der Waals surface area contributed by atoms with Gasteiger partial charge < -0.3 is 4.57 Å². The first kappa shape index (κ1) is 36.9. The van der Waals surface area contributed by atoms with E-state index in [9.17, 15) is 5.26 Å². The number of hydrogen-bond donors (Lipinski definition) is 0. The highest BCUT2D eigenvalue weighted by molar-refractivity contribution is 6.11. The lowest BCUT2D eigenvalue weighted by atomic mass is 9.74. The third-order valence-electron chi connectivity index (χ3n) is 13.6. The molecule has 0 radical (unpaired) electrons. The van der Waals surface area contributed by atoms with Crippen LogP contribution in [0, 0.1) is 17.2 Å². The Balaban J connectivity index is 1.13. The Morgan fingerprint density at radius 1 is 0.571 bits per heavy atom. The van der Waals surface area contributed by atoms with Crippen molar-refractivity contribution in [2.75, 3.05) is 0 Å². The maximum absolute atomic E-state index is 10.0. The maximum Gasteiger partial charge on any atom is 0.160 e. The van der Waals surface area contributed by atoms with Crippen LogP contribution in [0.15, 0.2) is 188 Å². The van der Waals surface area contributed by atoms with E-state index in [1.807, 2.05) is 18.2 Å². The summed E-state index contributed by atoms with van der Waals surface area (Å²) in [6.07, 6.45) is 5.77. The van der Waals surface area contributed by atoms with Crippen LogP contribution in [0.4, 0.5) is 0 Å². The molecular weight excluding hydrogens is 765 g/mol. The zero-order valence-corrected chi connectivity index (χ0v) is 35.4. The molecule has 10 aromatic rings. The molecule has 0 saturated heterocycles. The predicted octanol–water partition coefficient (Wildman–Crippen LogP) is 15.1. The van der Waals surface area contributed by atoms with Gasteiger partial charge in [-0.1, -0.05) is 136 Å². The van der Waals surface area contributed by atoms with Crippen molar-refractivity contribution in [2.24, 2.45) is 5.92 Å². The molecule has 0 fully saturated rings. The molecule has 12 rings (SSSR count). The van der Waals surface area contributed by atoms with E-state index < -0.39 is 0 Å². The Hall–Kier alpha value is -7.87. The van der Waals surface area contributed by atoms with Crippen molar-refractivity contribution in [3.8, 4) is 56.8 Å². The normalized spacial score (nSPS) is 15.3. The number of rotatable bonds is 5. The number of aromatic nitrogens is 3. The van der Waals surface area contributed by atoms with E-state index in [0.29, 0.717) is 17.3 Å². The molecule has 2 aliphatic carbocycles. The van der Waals surface area contributed by atoms with Crippen LogP contribution in [0.3, 0.4) is 0 Å². The molecule has 2 aliphatic rings. The monoisotopic (exact) mass is 806 g/mol. The summed E-state index contributed by atoms with van der Waals surface area (Å²) < 4.78 is 2.43. The number of para-hydroxylation sites is 1. The fourth-order valence-electron chi connectivity index (χ4n) is 10.6. The average molecular weight is 807 g/mol. The van der Waals surface area contributed by atoms with E-state index >= 15 is 0 Å². The summed E-state index contributed by atoms with van der Waals surface area (Å²) in [6, 6.07) is 62.8. The number of benzene rings is 8. The highest BCUT2D eigenvalue weighted by Crippen LogP contribution is 2.53. The summed E-state index contributed by atoms with van der Waals surface area (Å²) >= 11 is 0. The van der Waals surface area contributed by atoms with Gasteiger partial charge in [-0.3, -0.25) is 0 Å². The zero-order chi connectivity index (χ0) is 42.4. The van der Waals surface area contributed by atoms with Crippen LogP contribution >= 0.6 is 0 Å². The zero-order valence-electron chi connectivity index (χ0n) is 35.4. The summed E-state index contributed by atoms with van der Waals surface area (Å²) in [5.74, 6) is 1.11. The molecule has 1 unspecified atom stereocenters. The molecule has 4 nitrogen and oxygen atoms in total. The van der Waals surface area contributed by atoms with Gasteiger partial charge in [-0.25, -0.2) is 9.97 Å². The van der Waals surface area contributed by atoms with E-state index in [0.717, 1.165) is 73.1 Å². The topological polar surface area (TPSA) is 54.5 Å².